The molecule has 0 atom stereocenters. The van der Waals surface area contributed by atoms with Crippen molar-refractivity contribution in [3.63, 3.8) is 0 Å². The van der Waals surface area contributed by atoms with Gasteiger partial charge in [-0.2, -0.15) is 4.98 Å². The van der Waals surface area contributed by atoms with Crippen molar-refractivity contribution in [2.24, 2.45) is 0 Å². The Morgan fingerprint density at radius 3 is 2.64 bits per heavy atom. The lowest BCUT2D eigenvalue weighted by molar-refractivity contribution is 0.0692. The van der Waals surface area contributed by atoms with Gasteiger partial charge in [-0.05, 0) is 5.56 Å². The first kappa shape index (κ1) is 15.2. The van der Waals surface area contributed by atoms with Crippen molar-refractivity contribution in [3.05, 3.63) is 47.7 Å². The molecule has 8 heteroatoms. The summed E-state index contributed by atoms with van der Waals surface area (Å²) < 4.78 is 9.83. The van der Waals surface area contributed by atoms with E-state index < -0.39 is 12.1 Å². The number of ether oxygens (including phenoxy) is 2. The van der Waals surface area contributed by atoms with Crippen LogP contribution in [0.1, 0.15) is 15.9 Å². The second kappa shape index (κ2) is 7.02. The molecule has 0 spiro atoms. The van der Waals surface area contributed by atoms with Gasteiger partial charge < -0.3 is 14.6 Å². The molecule has 0 saturated carbocycles. The minimum absolute atomic E-state index is 0.0943. The molecule has 0 aliphatic rings. The van der Waals surface area contributed by atoms with E-state index in [0.717, 1.165) is 11.8 Å². The minimum atomic E-state index is -1.23. The molecule has 0 aliphatic carbocycles. The number of methoxy groups -OCH3 is 1. The standard InChI is InChI=1S/C14H13N3O5/c1-21-11-10(12(18)19)7-15-13(16-11)17-14(20)22-8-9-5-3-2-4-6-9/h2-7H,8H2,1H3,(H,18,19)(H,15,16,17,20). The molecule has 1 amide bonds. The van der Waals surface area contributed by atoms with Crippen LogP contribution in [0.15, 0.2) is 36.5 Å². The van der Waals surface area contributed by atoms with Crippen LogP contribution < -0.4 is 10.1 Å². The average Bonchev–Trinajstić information content (AvgIpc) is 2.53. The van der Waals surface area contributed by atoms with Crippen LogP contribution in [0.5, 0.6) is 5.88 Å². The number of aromatic nitrogens is 2. The number of amides is 1. The van der Waals surface area contributed by atoms with Gasteiger partial charge in [0.2, 0.25) is 11.8 Å². The Bertz CT molecular complexity index is 675. The first-order valence-electron chi connectivity index (χ1n) is 6.22. The molecule has 0 aliphatic heterocycles. The monoisotopic (exact) mass is 303 g/mol. The number of benzene rings is 1. The molecule has 114 valence electrons. The molecule has 0 radical (unpaired) electrons. The third kappa shape index (κ3) is 3.92. The Hall–Kier alpha value is -3.16. The topological polar surface area (TPSA) is 111 Å². The predicted molar refractivity (Wildman–Crippen MR) is 75.8 cm³/mol. The molecular weight excluding hydrogens is 290 g/mol. The number of carboxylic acid groups (broad SMARTS) is 1. The van der Waals surface area contributed by atoms with Crippen molar-refractivity contribution in [1.29, 1.82) is 0 Å². The van der Waals surface area contributed by atoms with E-state index in [1.165, 1.54) is 7.11 Å². The first-order valence-corrected chi connectivity index (χ1v) is 6.22. The Labute approximate surface area is 125 Å². The number of carbonyl (C=O) groups is 2. The van der Waals surface area contributed by atoms with Gasteiger partial charge >= 0.3 is 12.1 Å². The van der Waals surface area contributed by atoms with Gasteiger partial charge in [0, 0.05) is 0 Å². The Balaban J connectivity index is 1.98. The maximum Gasteiger partial charge on any atom is 0.414 e. The summed E-state index contributed by atoms with van der Waals surface area (Å²) in [6.07, 6.45) is 0.287. The summed E-state index contributed by atoms with van der Waals surface area (Å²) in [7, 11) is 1.27. The van der Waals surface area contributed by atoms with Crippen molar-refractivity contribution in [2.75, 3.05) is 12.4 Å². The Morgan fingerprint density at radius 2 is 2.00 bits per heavy atom. The summed E-state index contributed by atoms with van der Waals surface area (Å²) in [6, 6.07) is 9.14. The normalized spacial score (nSPS) is 9.86. The summed E-state index contributed by atoms with van der Waals surface area (Å²) in [6.45, 7) is 0.0943. The van der Waals surface area contributed by atoms with Crippen molar-refractivity contribution < 1.29 is 24.2 Å². The fourth-order valence-corrected chi connectivity index (χ4v) is 1.58. The van der Waals surface area contributed by atoms with Crippen LogP contribution in [-0.4, -0.2) is 34.2 Å². The van der Waals surface area contributed by atoms with Gasteiger partial charge in [-0.15, -0.1) is 0 Å². The molecule has 2 N–H and O–H groups in total. The highest BCUT2D eigenvalue weighted by atomic mass is 16.5. The maximum atomic E-state index is 11.6. The third-order valence-electron chi connectivity index (χ3n) is 2.60. The van der Waals surface area contributed by atoms with Crippen molar-refractivity contribution >= 4 is 18.0 Å². The highest BCUT2D eigenvalue weighted by Gasteiger charge is 2.15. The zero-order valence-corrected chi connectivity index (χ0v) is 11.6. The molecule has 0 saturated heterocycles. The lowest BCUT2D eigenvalue weighted by atomic mass is 10.2. The number of carboxylic acids is 1. The number of aromatic carboxylic acids is 1. The smallest absolute Gasteiger partial charge is 0.414 e. The molecule has 0 bridgehead atoms. The average molecular weight is 303 g/mol. The molecule has 8 nitrogen and oxygen atoms in total. The minimum Gasteiger partial charge on any atom is -0.480 e. The second-order valence-electron chi connectivity index (χ2n) is 4.11. The zero-order chi connectivity index (χ0) is 15.9. The summed E-state index contributed by atoms with van der Waals surface area (Å²) in [5.41, 5.74) is 0.628. The number of anilines is 1. The zero-order valence-electron chi connectivity index (χ0n) is 11.6. The van der Waals surface area contributed by atoms with Gasteiger partial charge in [0.25, 0.3) is 0 Å². The number of nitrogens with one attached hydrogen (secondary N) is 1. The van der Waals surface area contributed by atoms with Gasteiger partial charge in [-0.25, -0.2) is 14.6 Å². The van der Waals surface area contributed by atoms with Crippen LogP contribution in [0.25, 0.3) is 0 Å². The van der Waals surface area contributed by atoms with Crippen molar-refractivity contribution in [1.82, 2.24) is 9.97 Å². The number of hydrogen-bond acceptors (Lipinski definition) is 6. The van der Waals surface area contributed by atoms with Crippen LogP contribution in [-0.2, 0) is 11.3 Å². The van der Waals surface area contributed by atoms with E-state index in [0.29, 0.717) is 0 Å². The number of carbonyl (C=O) groups excluding carboxylic acids is 1. The quantitative estimate of drug-likeness (QED) is 0.868. The van der Waals surface area contributed by atoms with Gasteiger partial charge in [0.15, 0.2) is 0 Å². The summed E-state index contributed by atoms with van der Waals surface area (Å²) in [5, 5.41) is 11.2. The molecule has 0 unspecified atom stereocenters. The fraction of sp³-hybridized carbons (Fsp3) is 0.143. The lowest BCUT2D eigenvalue weighted by Crippen LogP contribution is -2.16. The van der Waals surface area contributed by atoms with E-state index in [4.69, 9.17) is 14.6 Å². The van der Waals surface area contributed by atoms with Crippen LogP contribution >= 0.6 is 0 Å². The van der Waals surface area contributed by atoms with E-state index in [-0.39, 0.29) is 24.0 Å². The lowest BCUT2D eigenvalue weighted by Gasteiger charge is -2.08. The van der Waals surface area contributed by atoms with E-state index in [1.54, 1.807) is 0 Å². The molecular formula is C14H13N3O5. The van der Waals surface area contributed by atoms with E-state index in [2.05, 4.69) is 15.3 Å². The largest absolute Gasteiger partial charge is 0.480 e. The van der Waals surface area contributed by atoms with Crippen molar-refractivity contribution in [3.8, 4) is 5.88 Å². The Kier molecular flexibility index (Phi) is 4.86. The van der Waals surface area contributed by atoms with Crippen LogP contribution in [0, 0.1) is 0 Å². The summed E-state index contributed by atoms with van der Waals surface area (Å²) >= 11 is 0. The van der Waals surface area contributed by atoms with Gasteiger partial charge in [0.05, 0.1) is 13.3 Å². The van der Waals surface area contributed by atoms with Gasteiger partial charge in [-0.3, -0.25) is 5.32 Å². The molecule has 1 aromatic carbocycles. The second-order valence-corrected chi connectivity index (χ2v) is 4.11. The molecule has 22 heavy (non-hydrogen) atoms. The number of hydrogen-bond donors (Lipinski definition) is 2. The summed E-state index contributed by atoms with van der Waals surface area (Å²) in [4.78, 5) is 30.0. The third-order valence-corrected chi connectivity index (χ3v) is 2.60. The van der Waals surface area contributed by atoms with E-state index in [1.807, 2.05) is 30.3 Å². The molecule has 0 fully saturated rings. The molecule has 2 rings (SSSR count). The fourth-order valence-electron chi connectivity index (χ4n) is 1.58. The SMILES string of the molecule is COc1nc(NC(=O)OCc2ccccc2)ncc1C(=O)O. The number of rotatable bonds is 5. The van der Waals surface area contributed by atoms with Gasteiger partial charge in [0.1, 0.15) is 12.2 Å². The van der Waals surface area contributed by atoms with Gasteiger partial charge in [-0.1, -0.05) is 30.3 Å². The van der Waals surface area contributed by atoms with E-state index in [9.17, 15) is 9.59 Å². The van der Waals surface area contributed by atoms with E-state index >= 15 is 0 Å². The van der Waals surface area contributed by atoms with Crippen LogP contribution in [0.4, 0.5) is 10.7 Å². The van der Waals surface area contributed by atoms with Crippen molar-refractivity contribution in [2.45, 2.75) is 6.61 Å². The Morgan fingerprint density at radius 1 is 1.27 bits per heavy atom. The summed E-state index contributed by atoms with van der Waals surface area (Å²) in [5.74, 6) is -1.49. The molecule has 1 aromatic heterocycles. The predicted octanol–water partition coefficient (Wildman–Crippen LogP) is 1.93. The van der Waals surface area contributed by atoms with Crippen LogP contribution in [0.2, 0.25) is 0 Å². The van der Waals surface area contributed by atoms with Crippen LogP contribution in [0.3, 0.4) is 0 Å². The highest BCUT2D eigenvalue weighted by molar-refractivity contribution is 5.90. The molecule has 1 heterocycles. The number of nitrogens with zero attached hydrogens (tertiary/aromatic N) is 2. The molecule has 2 aromatic rings. The first-order chi connectivity index (χ1) is 10.6. The highest BCUT2D eigenvalue weighted by Crippen LogP contribution is 2.16. The maximum absolute atomic E-state index is 11.6.